The minimum atomic E-state index is 0.719. The highest BCUT2D eigenvalue weighted by molar-refractivity contribution is 4.96. The third-order valence-corrected chi connectivity index (χ3v) is 4.04. The summed E-state index contributed by atoms with van der Waals surface area (Å²) in [6.07, 6.45) is 3.98. The molecule has 0 aromatic carbocycles. The van der Waals surface area contributed by atoms with E-state index in [-0.39, 0.29) is 0 Å². The SMILES string of the molecule is C1COCC(N2C[C@@H]3CCN[C@@H]3C2)C1. The van der Waals surface area contributed by atoms with Crippen LogP contribution in [0.25, 0.3) is 0 Å². The van der Waals surface area contributed by atoms with Crippen LogP contribution in [0.2, 0.25) is 0 Å². The Bertz CT molecular complexity index is 191. The van der Waals surface area contributed by atoms with Crippen molar-refractivity contribution < 1.29 is 4.74 Å². The van der Waals surface area contributed by atoms with Gasteiger partial charge in [0.15, 0.2) is 0 Å². The number of hydrogen-bond donors (Lipinski definition) is 1. The van der Waals surface area contributed by atoms with Crippen molar-refractivity contribution in [1.82, 2.24) is 10.2 Å². The van der Waals surface area contributed by atoms with Gasteiger partial charge in [0.2, 0.25) is 0 Å². The number of nitrogens with one attached hydrogen (secondary N) is 1. The van der Waals surface area contributed by atoms with Gasteiger partial charge in [-0.1, -0.05) is 0 Å². The second kappa shape index (κ2) is 3.80. The quantitative estimate of drug-likeness (QED) is 0.659. The molecule has 0 aliphatic carbocycles. The molecule has 3 rings (SSSR count). The normalized spacial score (nSPS) is 44.1. The van der Waals surface area contributed by atoms with Crippen molar-refractivity contribution in [2.75, 3.05) is 32.8 Å². The van der Waals surface area contributed by atoms with Gasteiger partial charge in [-0.2, -0.15) is 0 Å². The first-order chi connectivity index (χ1) is 6.93. The van der Waals surface area contributed by atoms with Gasteiger partial charge in [0.1, 0.15) is 0 Å². The average Bonchev–Trinajstić information content (AvgIpc) is 2.78. The number of rotatable bonds is 1. The lowest BCUT2D eigenvalue weighted by atomic mass is 10.1. The lowest BCUT2D eigenvalue weighted by Crippen LogP contribution is -2.41. The fraction of sp³-hybridized carbons (Fsp3) is 1.00. The van der Waals surface area contributed by atoms with Crippen LogP contribution in [0.15, 0.2) is 0 Å². The fourth-order valence-electron chi connectivity index (χ4n) is 3.19. The molecule has 1 unspecified atom stereocenters. The van der Waals surface area contributed by atoms with E-state index in [1.807, 2.05) is 0 Å². The van der Waals surface area contributed by atoms with Gasteiger partial charge in [0.05, 0.1) is 6.61 Å². The summed E-state index contributed by atoms with van der Waals surface area (Å²) in [7, 11) is 0. The second-order valence-electron chi connectivity index (χ2n) is 4.93. The minimum Gasteiger partial charge on any atom is -0.380 e. The molecular formula is C11H20N2O. The second-order valence-corrected chi connectivity index (χ2v) is 4.93. The maximum absolute atomic E-state index is 5.55. The van der Waals surface area contributed by atoms with Crippen molar-refractivity contribution in [1.29, 1.82) is 0 Å². The third kappa shape index (κ3) is 1.58. The van der Waals surface area contributed by atoms with Crippen molar-refractivity contribution in [3.05, 3.63) is 0 Å². The van der Waals surface area contributed by atoms with Crippen LogP contribution in [0.1, 0.15) is 19.3 Å². The molecule has 1 N–H and O–H groups in total. The average molecular weight is 196 g/mol. The summed E-state index contributed by atoms with van der Waals surface area (Å²) < 4.78 is 5.55. The maximum atomic E-state index is 5.55. The largest absolute Gasteiger partial charge is 0.380 e. The Balaban J connectivity index is 1.59. The molecule has 0 aromatic heterocycles. The smallest absolute Gasteiger partial charge is 0.0621 e. The van der Waals surface area contributed by atoms with E-state index in [0.717, 1.165) is 31.2 Å². The Hall–Kier alpha value is -0.120. The van der Waals surface area contributed by atoms with Gasteiger partial charge >= 0.3 is 0 Å². The zero-order valence-corrected chi connectivity index (χ0v) is 8.74. The monoisotopic (exact) mass is 196 g/mol. The van der Waals surface area contributed by atoms with Crippen LogP contribution in [-0.2, 0) is 4.74 Å². The van der Waals surface area contributed by atoms with Crippen LogP contribution in [0, 0.1) is 5.92 Å². The first-order valence-electron chi connectivity index (χ1n) is 5.98. The van der Waals surface area contributed by atoms with Crippen LogP contribution < -0.4 is 5.32 Å². The van der Waals surface area contributed by atoms with Gasteiger partial charge in [0, 0.05) is 31.8 Å². The van der Waals surface area contributed by atoms with Gasteiger partial charge in [-0.05, 0) is 31.7 Å². The Morgan fingerprint density at radius 2 is 2.21 bits per heavy atom. The van der Waals surface area contributed by atoms with Crippen molar-refractivity contribution in [3.63, 3.8) is 0 Å². The highest BCUT2D eigenvalue weighted by Crippen LogP contribution is 2.28. The first kappa shape index (κ1) is 9.13. The first-order valence-corrected chi connectivity index (χ1v) is 5.98. The summed E-state index contributed by atoms with van der Waals surface area (Å²) in [4.78, 5) is 2.65. The molecule has 0 saturated carbocycles. The summed E-state index contributed by atoms with van der Waals surface area (Å²) in [6, 6.07) is 1.51. The molecule has 14 heavy (non-hydrogen) atoms. The molecule has 0 bridgehead atoms. The van der Waals surface area contributed by atoms with Gasteiger partial charge in [-0.3, -0.25) is 4.90 Å². The Morgan fingerprint density at radius 3 is 3.00 bits per heavy atom. The van der Waals surface area contributed by atoms with Gasteiger partial charge < -0.3 is 10.1 Å². The molecule has 3 heteroatoms. The van der Waals surface area contributed by atoms with Gasteiger partial charge in [0.25, 0.3) is 0 Å². The fourth-order valence-corrected chi connectivity index (χ4v) is 3.19. The number of likely N-dealkylation sites (tertiary alicyclic amines) is 1. The van der Waals surface area contributed by atoms with Crippen LogP contribution in [0.3, 0.4) is 0 Å². The lowest BCUT2D eigenvalue weighted by molar-refractivity contribution is 0.0245. The topological polar surface area (TPSA) is 24.5 Å². The van der Waals surface area contributed by atoms with Crippen molar-refractivity contribution in [3.8, 4) is 0 Å². The Kier molecular flexibility index (Phi) is 2.48. The molecule has 3 aliphatic rings. The molecule has 0 radical (unpaired) electrons. The molecule has 3 nitrogen and oxygen atoms in total. The number of fused-ring (bicyclic) bond motifs is 1. The highest BCUT2D eigenvalue weighted by atomic mass is 16.5. The van der Waals surface area contributed by atoms with E-state index in [2.05, 4.69) is 10.2 Å². The van der Waals surface area contributed by atoms with Crippen molar-refractivity contribution >= 4 is 0 Å². The standard InChI is InChI=1S/C11H20N2O/c1-2-10(8-14-5-1)13-6-9-3-4-12-11(9)7-13/h9-12H,1-8H2/t9-,10?,11+/m0/s1. The van der Waals surface area contributed by atoms with E-state index in [1.54, 1.807) is 0 Å². The van der Waals surface area contributed by atoms with Crippen LogP contribution in [0.5, 0.6) is 0 Å². The van der Waals surface area contributed by atoms with E-state index >= 15 is 0 Å². The molecule has 0 aromatic rings. The molecule has 3 saturated heterocycles. The number of ether oxygens (including phenoxy) is 1. The predicted octanol–water partition coefficient (Wildman–Crippen LogP) is 0.459. The zero-order chi connectivity index (χ0) is 9.38. The molecule has 80 valence electrons. The summed E-state index contributed by atoms with van der Waals surface area (Å²) >= 11 is 0. The maximum Gasteiger partial charge on any atom is 0.0621 e. The number of nitrogens with zero attached hydrogens (tertiary/aromatic N) is 1. The van der Waals surface area contributed by atoms with Crippen LogP contribution in [-0.4, -0.2) is 49.8 Å². The van der Waals surface area contributed by atoms with E-state index in [1.165, 1.54) is 38.9 Å². The minimum absolute atomic E-state index is 0.719. The van der Waals surface area contributed by atoms with Gasteiger partial charge in [-0.15, -0.1) is 0 Å². The van der Waals surface area contributed by atoms with Crippen molar-refractivity contribution in [2.45, 2.75) is 31.3 Å². The summed E-state index contributed by atoms with van der Waals surface area (Å²) in [5.74, 6) is 0.928. The van der Waals surface area contributed by atoms with E-state index < -0.39 is 0 Å². The predicted molar refractivity (Wildman–Crippen MR) is 55.3 cm³/mol. The molecule has 3 atom stereocenters. The van der Waals surface area contributed by atoms with Crippen molar-refractivity contribution in [2.24, 2.45) is 5.92 Å². The number of hydrogen-bond acceptors (Lipinski definition) is 3. The highest BCUT2D eigenvalue weighted by Gasteiger charge is 2.38. The van der Waals surface area contributed by atoms with E-state index in [9.17, 15) is 0 Å². The third-order valence-electron chi connectivity index (χ3n) is 4.04. The van der Waals surface area contributed by atoms with Crippen LogP contribution in [0.4, 0.5) is 0 Å². The zero-order valence-electron chi connectivity index (χ0n) is 8.74. The summed E-state index contributed by atoms with van der Waals surface area (Å²) in [5.41, 5.74) is 0. The summed E-state index contributed by atoms with van der Waals surface area (Å²) in [6.45, 7) is 5.77. The van der Waals surface area contributed by atoms with Crippen LogP contribution >= 0.6 is 0 Å². The molecule has 0 spiro atoms. The lowest BCUT2D eigenvalue weighted by Gasteiger charge is -2.31. The molecule has 3 aliphatic heterocycles. The Morgan fingerprint density at radius 1 is 1.21 bits per heavy atom. The van der Waals surface area contributed by atoms with Gasteiger partial charge in [-0.25, -0.2) is 0 Å². The summed E-state index contributed by atoms with van der Waals surface area (Å²) in [5, 5.41) is 3.61. The molecule has 3 heterocycles. The van der Waals surface area contributed by atoms with E-state index in [0.29, 0.717) is 0 Å². The molecular weight excluding hydrogens is 176 g/mol. The molecule has 0 amide bonds. The molecule has 3 fully saturated rings. The Labute approximate surface area is 85.8 Å². The van der Waals surface area contributed by atoms with E-state index in [4.69, 9.17) is 4.74 Å².